The van der Waals surface area contributed by atoms with Gasteiger partial charge in [-0.2, -0.15) is 13.2 Å². The van der Waals surface area contributed by atoms with Gasteiger partial charge in [0.2, 0.25) is 0 Å². The molecule has 0 aromatic rings. The Morgan fingerprint density at radius 1 is 1.08 bits per heavy atom. The highest BCUT2D eigenvalue weighted by molar-refractivity contribution is 14.0. The monoisotopic (exact) mass is 462 g/mol. The lowest BCUT2D eigenvalue weighted by Gasteiger charge is -2.32. The van der Waals surface area contributed by atoms with E-state index in [1.807, 2.05) is 0 Å². The first kappa shape index (κ1) is 21.8. The molecule has 0 atom stereocenters. The van der Waals surface area contributed by atoms with Crippen molar-refractivity contribution in [3.8, 4) is 0 Å². The predicted molar refractivity (Wildman–Crippen MR) is 102 cm³/mol. The van der Waals surface area contributed by atoms with Crippen molar-refractivity contribution in [2.24, 2.45) is 16.6 Å². The van der Waals surface area contributed by atoms with E-state index < -0.39 is 12.7 Å². The molecule has 1 saturated carbocycles. The summed E-state index contributed by atoms with van der Waals surface area (Å²) in [5, 5.41) is 3.28. The lowest BCUT2D eigenvalue weighted by molar-refractivity contribution is -0.148. The van der Waals surface area contributed by atoms with E-state index in [2.05, 4.69) is 10.3 Å². The van der Waals surface area contributed by atoms with Crippen LogP contribution in [0.3, 0.4) is 0 Å². The molecule has 0 amide bonds. The normalized spacial score (nSPS) is 22.2. The third-order valence-electron chi connectivity index (χ3n) is 4.89. The number of aliphatic imine (C=N–C) groups is 1. The van der Waals surface area contributed by atoms with Gasteiger partial charge in [-0.05, 0) is 51.1 Å². The molecule has 142 valence electrons. The highest BCUT2D eigenvalue weighted by Gasteiger charge is 2.32. The summed E-state index contributed by atoms with van der Waals surface area (Å²) in [5.41, 5.74) is 5.92. The van der Waals surface area contributed by atoms with Crippen molar-refractivity contribution in [3.05, 3.63) is 0 Å². The van der Waals surface area contributed by atoms with E-state index in [0.717, 1.165) is 32.1 Å². The molecule has 0 aromatic heterocycles. The maximum atomic E-state index is 12.3. The maximum absolute atomic E-state index is 12.3. The number of guanidine groups is 1. The Balaban J connectivity index is 0.00000288. The number of rotatable bonds is 5. The average Bonchev–Trinajstić information content (AvgIpc) is 2.48. The zero-order valence-corrected chi connectivity index (χ0v) is 16.5. The largest absolute Gasteiger partial charge is 0.401 e. The lowest BCUT2D eigenvalue weighted by atomic mass is 9.93. The van der Waals surface area contributed by atoms with E-state index in [4.69, 9.17) is 5.73 Å². The molecule has 24 heavy (non-hydrogen) atoms. The van der Waals surface area contributed by atoms with Crippen molar-refractivity contribution in [2.45, 2.75) is 63.6 Å². The zero-order valence-electron chi connectivity index (χ0n) is 14.2. The van der Waals surface area contributed by atoms with Gasteiger partial charge in [0.1, 0.15) is 0 Å². The molecule has 0 aromatic carbocycles. The first-order chi connectivity index (χ1) is 10.9. The summed E-state index contributed by atoms with van der Waals surface area (Å²) >= 11 is 0. The van der Waals surface area contributed by atoms with Gasteiger partial charge in [0, 0.05) is 12.6 Å². The standard InChI is InChI=1S/C16H29F3N4.HI/c17-16(18,19)12-23-10-7-13(8-11-23)6-9-21-15(20)22-14-4-2-1-3-5-14;/h13-14H,1-12H2,(H3,20,21,22);1H. The fraction of sp³-hybridized carbons (Fsp3) is 0.938. The summed E-state index contributed by atoms with van der Waals surface area (Å²) in [6.45, 7) is 0.943. The summed E-state index contributed by atoms with van der Waals surface area (Å²) in [7, 11) is 0. The van der Waals surface area contributed by atoms with Crippen LogP contribution in [0.25, 0.3) is 0 Å². The second-order valence-corrected chi connectivity index (χ2v) is 6.87. The maximum Gasteiger partial charge on any atom is 0.401 e. The van der Waals surface area contributed by atoms with Crippen LogP contribution in [0.4, 0.5) is 13.2 Å². The Morgan fingerprint density at radius 3 is 2.29 bits per heavy atom. The zero-order chi connectivity index (χ0) is 16.7. The third kappa shape index (κ3) is 8.73. The molecule has 3 N–H and O–H groups in total. The van der Waals surface area contributed by atoms with Crippen molar-refractivity contribution in [3.63, 3.8) is 0 Å². The number of halogens is 4. The van der Waals surface area contributed by atoms with Gasteiger partial charge in [-0.1, -0.05) is 19.3 Å². The lowest BCUT2D eigenvalue weighted by Crippen LogP contribution is -2.41. The molecule has 2 fully saturated rings. The molecular weight excluding hydrogens is 432 g/mol. The Morgan fingerprint density at radius 2 is 1.71 bits per heavy atom. The molecule has 1 aliphatic heterocycles. The number of nitrogens with one attached hydrogen (secondary N) is 1. The van der Waals surface area contributed by atoms with Crippen molar-refractivity contribution in [1.82, 2.24) is 10.2 Å². The van der Waals surface area contributed by atoms with Crippen LogP contribution in [0.5, 0.6) is 0 Å². The van der Waals surface area contributed by atoms with Gasteiger partial charge in [0.05, 0.1) is 6.54 Å². The number of alkyl halides is 3. The van der Waals surface area contributed by atoms with Crippen LogP contribution in [-0.4, -0.2) is 49.3 Å². The fourth-order valence-corrected chi connectivity index (χ4v) is 3.56. The van der Waals surface area contributed by atoms with Crippen LogP contribution < -0.4 is 11.1 Å². The summed E-state index contributed by atoms with van der Waals surface area (Å²) in [4.78, 5) is 5.88. The second kappa shape index (κ2) is 10.7. The molecule has 1 heterocycles. The van der Waals surface area contributed by atoms with Gasteiger partial charge >= 0.3 is 6.18 Å². The number of hydrogen-bond acceptors (Lipinski definition) is 2. The van der Waals surface area contributed by atoms with E-state index >= 15 is 0 Å². The highest BCUT2D eigenvalue weighted by atomic mass is 127. The molecule has 4 nitrogen and oxygen atoms in total. The number of piperidine rings is 1. The summed E-state index contributed by atoms with van der Waals surface area (Å²) in [6.07, 6.45) is 4.60. The molecule has 0 bridgehead atoms. The molecule has 0 unspecified atom stereocenters. The minimum Gasteiger partial charge on any atom is -0.370 e. The molecular formula is C16H30F3IN4. The summed E-state index contributed by atoms with van der Waals surface area (Å²) < 4.78 is 37.0. The Kier molecular flexibility index (Phi) is 9.69. The first-order valence-electron chi connectivity index (χ1n) is 8.78. The van der Waals surface area contributed by atoms with Gasteiger partial charge in [-0.15, -0.1) is 24.0 Å². The molecule has 1 saturated heterocycles. The van der Waals surface area contributed by atoms with Crippen LogP contribution in [0.1, 0.15) is 51.4 Å². The molecule has 2 rings (SSSR count). The van der Waals surface area contributed by atoms with E-state index in [0.29, 0.717) is 37.6 Å². The molecule has 0 radical (unpaired) electrons. The first-order valence-corrected chi connectivity index (χ1v) is 8.78. The van der Waals surface area contributed by atoms with Crippen molar-refractivity contribution in [1.29, 1.82) is 0 Å². The van der Waals surface area contributed by atoms with Crippen molar-refractivity contribution in [2.75, 3.05) is 26.2 Å². The van der Waals surface area contributed by atoms with Gasteiger partial charge in [0.25, 0.3) is 0 Å². The molecule has 2 aliphatic rings. The molecule has 8 heteroatoms. The third-order valence-corrected chi connectivity index (χ3v) is 4.89. The fourth-order valence-electron chi connectivity index (χ4n) is 3.56. The Labute approximate surface area is 159 Å². The SMILES string of the molecule is I.NC(=NCCC1CCN(CC(F)(F)F)CC1)NC1CCCCC1. The van der Waals surface area contributed by atoms with Crippen LogP contribution >= 0.6 is 24.0 Å². The van der Waals surface area contributed by atoms with E-state index in [9.17, 15) is 13.2 Å². The number of hydrogen-bond donors (Lipinski definition) is 2. The van der Waals surface area contributed by atoms with Crippen LogP contribution in [0.2, 0.25) is 0 Å². The van der Waals surface area contributed by atoms with Crippen LogP contribution in [0.15, 0.2) is 4.99 Å². The smallest absolute Gasteiger partial charge is 0.370 e. The number of nitrogens with zero attached hydrogens (tertiary/aromatic N) is 2. The quantitative estimate of drug-likeness (QED) is 0.374. The van der Waals surface area contributed by atoms with Crippen LogP contribution in [-0.2, 0) is 0 Å². The predicted octanol–water partition coefficient (Wildman–Crippen LogP) is 3.51. The minimum atomic E-state index is -4.09. The van der Waals surface area contributed by atoms with E-state index in [1.54, 1.807) is 0 Å². The topological polar surface area (TPSA) is 53.6 Å². The van der Waals surface area contributed by atoms with E-state index in [1.165, 1.54) is 24.2 Å². The minimum absolute atomic E-state index is 0. The molecule has 1 aliphatic carbocycles. The van der Waals surface area contributed by atoms with Crippen molar-refractivity contribution < 1.29 is 13.2 Å². The van der Waals surface area contributed by atoms with E-state index in [-0.39, 0.29) is 24.0 Å². The average molecular weight is 462 g/mol. The number of nitrogens with two attached hydrogens (primary N) is 1. The van der Waals surface area contributed by atoms with Crippen molar-refractivity contribution >= 4 is 29.9 Å². The Hall–Kier alpha value is -0.250. The van der Waals surface area contributed by atoms with Gasteiger partial charge < -0.3 is 11.1 Å². The summed E-state index contributed by atoms with van der Waals surface area (Å²) in [6, 6.07) is 0.457. The van der Waals surface area contributed by atoms with Crippen LogP contribution in [0, 0.1) is 5.92 Å². The number of likely N-dealkylation sites (tertiary alicyclic amines) is 1. The second-order valence-electron chi connectivity index (χ2n) is 6.87. The highest BCUT2D eigenvalue weighted by Crippen LogP contribution is 2.24. The summed E-state index contributed by atoms with van der Waals surface area (Å²) in [5.74, 6) is 0.983. The van der Waals surface area contributed by atoms with Gasteiger partial charge in [-0.3, -0.25) is 9.89 Å². The Bertz CT molecular complexity index is 376. The molecule has 0 spiro atoms. The van der Waals surface area contributed by atoms with Gasteiger partial charge in [0.15, 0.2) is 5.96 Å². The van der Waals surface area contributed by atoms with Gasteiger partial charge in [-0.25, -0.2) is 0 Å².